The van der Waals surface area contributed by atoms with Crippen molar-refractivity contribution in [2.24, 2.45) is 15.4 Å². The average Bonchev–Trinajstić information content (AvgIpc) is 3.01. The number of fused-ring (bicyclic) bond motifs is 3. The highest BCUT2D eigenvalue weighted by Crippen LogP contribution is 2.22. The van der Waals surface area contributed by atoms with E-state index in [1.165, 1.54) is 0 Å². The SMILES string of the molecule is O=c1[nH]c2cc(C3=NN=NC3)ccc2c2cnccc12. The van der Waals surface area contributed by atoms with Gasteiger partial charge in [-0.3, -0.25) is 9.78 Å². The van der Waals surface area contributed by atoms with E-state index in [0.717, 1.165) is 27.6 Å². The molecule has 0 atom stereocenters. The first kappa shape index (κ1) is 11.0. The molecule has 0 fully saturated rings. The molecule has 0 unspecified atom stereocenters. The monoisotopic (exact) mass is 263 g/mol. The quantitative estimate of drug-likeness (QED) is 0.683. The van der Waals surface area contributed by atoms with Gasteiger partial charge in [-0.05, 0) is 17.4 Å². The molecule has 1 aliphatic rings. The van der Waals surface area contributed by atoms with Crippen LogP contribution in [0.25, 0.3) is 21.7 Å². The molecule has 0 aliphatic carbocycles. The van der Waals surface area contributed by atoms with Crippen LogP contribution in [-0.4, -0.2) is 22.2 Å². The van der Waals surface area contributed by atoms with Gasteiger partial charge in [-0.2, -0.15) is 5.11 Å². The molecule has 0 amide bonds. The van der Waals surface area contributed by atoms with Crippen LogP contribution >= 0.6 is 0 Å². The van der Waals surface area contributed by atoms with Crippen LogP contribution in [0.5, 0.6) is 0 Å². The summed E-state index contributed by atoms with van der Waals surface area (Å²) in [7, 11) is 0. The van der Waals surface area contributed by atoms with Crippen molar-refractivity contribution < 1.29 is 0 Å². The van der Waals surface area contributed by atoms with Crippen molar-refractivity contribution in [2.45, 2.75) is 0 Å². The molecule has 0 spiro atoms. The number of hydrogen-bond acceptors (Lipinski definition) is 5. The first-order valence-electron chi connectivity index (χ1n) is 6.16. The first-order valence-corrected chi connectivity index (χ1v) is 6.16. The standard InChI is InChI=1S/C14H9N5O/c20-14-10-3-4-15-6-11(10)9-2-1-8(5-12(9)17-14)13-7-16-19-18-13/h1-6H,7H2,(H,17,20). The fourth-order valence-corrected chi connectivity index (χ4v) is 2.42. The van der Waals surface area contributed by atoms with Crippen LogP contribution in [0.15, 0.2) is 56.9 Å². The number of benzene rings is 1. The summed E-state index contributed by atoms with van der Waals surface area (Å²) in [5.74, 6) is 0. The molecule has 20 heavy (non-hydrogen) atoms. The molecule has 1 aromatic carbocycles. The van der Waals surface area contributed by atoms with Crippen molar-refractivity contribution in [2.75, 3.05) is 6.54 Å². The maximum Gasteiger partial charge on any atom is 0.256 e. The van der Waals surface area contributed by atoms with E-state index >= 15 is 0 Å². The van der Waals surface area contributed by atoms with E-state index in [-0.39, 0.29) is 5.56 Å². The largest absolute Gasteiger partial charge is 0.321 e. The molecule has 96 valence electrons. The third kappa shape index (κ3) is 1.55. The lowest BCUT2D eigenvalue weighted by Crippen LogP contribution is -2.08. The van der Waals surface area contributed by atoms with Gasteiger partial charge in [0, 0.05) is 34.2 Å². The lowest BCUT2D eigenvalue weighted by Gasteiger charge is -2.05. The third-order valence-electron chi connectivity index (χ3n) is 3.41. The summed E-state index contributed by atoms with van der Waals surface area (Å²) in [6, 6.07) is 7.55. The van der Waals surface area contributed by atoms with Gasteiger partial charge in [-0.1, -0.05) is 12.1 Å². The molecule has 0 saturated heterocycles. The zero-order valence-electron chi connectivity index (χ0n) is 10.4. The van der Waals surface area contributed by atoms with Gasteiger partial charge >= 0.3 is 0 Å². The summed E-state index contributed by atoms with van der Waals surface area (Å²) >= 11 is 0. The zero-order chi connectivity index (χ0) is 13.5. The topological polar surface area (TPSA) is 82.8 Å². The van der Waals surface area contributed by atoms with E-state index in [1.807, 2.05) is 18.2 Å². The Morgan fingerprint density at radius 1 is 1.10 bits per heavy atom. The number of rotatable bonds is 1. The highest BCUT2D eigenvalue weighted by atomic mass is 16.1. The Bertz CT molecular complexity index is 955. The van der Waals surface area contributed by atoms with E-state index in [9.17, 15) is 4.79 Å². The van der Waals surface area contributed by atoms with Crippen LogP contribution in [0.2, 0.25) is 0 Å². The van der Waals surface area contributed by atoms with Gasteiger partial charge in [0.25, 0.3) is 5.56 Å². The van der Waals surface area contributed by atoms with E-state index in [2.05, 4.69) is 25.4 Å². The van der Waals surface area contributed by atoms with Crippen LogP contribution in [0.1, 0.15) is 5.56 Å². The van der Waals surface area contributed by atoms with Crippen molar-refractivity contribution in [1.29, 1.82) is 0 Å². The second kappa shape index (κ2) is 4.06. The van der Waals surface area contributed by atoms with E-state index in [4.69, 9.17) is 0 Å². The molecule has 6 nitrogen and oxygen atoms in total. The molecule has 4 rings (SSSR count). The minimum absolute atomic E-state index is 0.116. The lowest BCUT2D eigenvalue weighted by molar-refractivity contribution is 1.06. The number of pyridine rings is 2. The van der Waals surface area contributed by atoms with Crippen molar-refractivity contribution in [3.05, 3.63) is 52.6 Å². The Labute approximate surface area is 112 Å². The molecule has 1 aliphatic heterocycles. The van der Waals surface area contributed by atoms with Gasteiger partial charge in [-0.25, -0.2) is 0 Å². The van der Waals surface area contributed by atoms with E-state index in [1.54, 1.807) is 18.5 Å². The van der Waals surface area contributed by atoms with Crippen molar-refractivity contribution in [3.8, 4) is 0 Å². The summed E-state index contributed by atoms with van der Waals surface area (Å²) in [6.45, 7) is 0.477. The number of nitrogens with zero attached hydrogens (tertiary/aromatic N) is 4. The minimum Gasteiger partial charge on any atom is -0.321 e. The summed E-state index contributed by atoms with van der Waals surface area (Å²) in [5, 5.41) is 13.9. The molecule has 6 heteroatoms. The molecule has 0 bridgehead atoms. The second-order valence-corrected chi connectivity index (χ2v) is 4.57. The normalized spacial score (nSPS) is 14.1. The minimum atomic E-state index is -0.116. The number of nitrogens with one attached hydrogen (secondary N) is 1. The summed E-state index contributed by atoms with van der Waals surface area (Å²) in [5.41, 5.74) is 2.37. The number of aromatic amines is 1. The van der Waals surface area contributed by atoms with Gasteiger partial charge in [0.2, 0.25) is 0 Å². The molecule has 3 heterocycles. The molecular weight excluding hydrogens is 254 g/mol. The fourth-order valence-electron chi connectivity index (χ4n) is 2.42. The predicted molar refractivity (Wildman–Crippen MR) is 76.1 cm³/mol. The van der Waals surface area contributed by atoms with Crippen LogP contribution < -0.4 is 5.56 Å². The van der Waals surface area contributed by atoms with Crippen LogP contribution in [0, 0.1) is 0 Å². The number of aromatic nitrogens is 2. The molecule has 2 aromatic heterocycles. The number of hydrogen-bond donors (Lipinski definition) is 1. The van der Waals surface area contributed by atoms with E-state index < -0.39 is 0 Å². The summed E-state index contributed by atoms with van der Waals surface area (Å²) in [6.07, 6.45) is 3.33. The summed E-state index contributed by atoms with van der Waals surface area (Å²) < 4.78 is 0. The van der Waals surface area contributed by atoms with Gasteiger partial charge in [-0.15, -0.1) is 5.10 Å². The maximum absolute atomic E-state index is 12.1. The van der Waals surface area contributed by atoms with E-state index in [0.29, 0.717) is 11.9 Å². The second-order valence-electron chi connectivity index (χ2n) is 4.57. The Hall–Kier alpha value is -2.89. The van der Waals surface area contributed by atoms with Crippen LogP contribution in [0.3, 0.4) is 0 Å². The third-order valence-corrected chi connectivity index (χ3v) is 3.41. The molecule has 3 aromatic rings. The Kier molecular flexibility index (Phi) is 2.23. The smallest absolute Gasteiger partial charge is 0.256 e. The lowest BCUT2D eigenvalue weighted by atomic mass is 10.0. The Morgan fingerprint density at radius 2 is 2.05 bits per heavy atom. The molecule has 1 N–H and O–H groups in total. The Morgan fingerprint density at radius 3 is 2.90 bits per heavy atom. The first-order chi connectivity index (χ1) is 9.83. The molecule has 0 saturated carbocycles. The van der Waals surface area contributed by atoms with Gasteiger partial charge in [0.15, 0.2) is 0 Å². The highest BCUT2D eigenvalue weighted by molar-refractivity contribution is 6.09. The molecular formula is C14H9N5O. The fraction of sp³-hybridized carbons (Fsp3) is 0.0714. The van der Waals surface area contributed by atoms with Crippen molar-refractivity contribution in [1.82, 2.24) is 9.97 Å². The summed E-state index contributed by atoms with van der Waals surface area (Å²) in [4.78, 5) is 19.1. The molecule has 0 radical (unpaired) electrons. The van der Waals surface area contributed by atoms with Gasteiger partial charge < -0.3 is 4.98 Å². The average molecular weight is 263 g/mol. The van der Waals surface area contributed by atoms with Crippen molar-refractivity contribution >= 4 is 27.4 Å². The van der Waals surface area contributed by atoms with Crippen molar-refractivity contribution in [3.63, 3.8) is 0 Å². The highest BCUT2D eigenvalue weighted by Gasteiger charge is 2.10. The van der Waals surface area contributed by atoms with Crippen LogP contribution in [0.4, 0.5) is 0 Å². The Balaban J connectivity index is 2.04. The van der Waals surface area contributed by atoms with Crippen LogP contribution in [-0.2, 0) is 0 Å². The maximum atomic E-state index is 12.1. The van der Waals surface area contributed by atoms with Gasteiger partial charge in [0.1, 0.15) is 6.54 Å². The van der Waals surface area contributed by atoms with Gasteiger partial charge in [0.05, 0.1) is 11.1 Å². The zero-order valence-corrected chi connectivity index (χ0v) is 10.4. The number of H-pyrrole nitrogens is 1. The predicted octanol–water partition coefficient (Wildman–Crippen LogP) is 2.25.